The lowest BCUT2D eigenvalue weighted by atomic mass is 10.1. The first-order chi connectivity index (χ1) is 15.4. The summed E-state index contributed by atoms with van der Waals surface area (Å²) in [6, 6.07) is 10.7. The van der Waals surface area contributed by atoms with Gasteiger partial charge in [0.05, 0.1) is 6.42 Å². The highest BCUT2D eigenvalue weighted by Crippen LogP contribution is 2.27. The van der Waals surface area contributed by atoms with Crippen molar-refractivity contribution in [2.24, 2.45) is 0 Å². The van der Waals surface area contributed by atoms with Crippen LogP contribution in [0.4, 0.5) is 0 Å². The Morgan fingerprint density at radius 2 is 1.66 bits per heavy atom. The van der Waals surface area contributed by atoms with Gasteiger partial charge in [-0.25, -0.2) is 8.42 Å². The molecule has 0 bridgehead atoms. The van der Waals surface area contributed by atoms with Crippen LogP contribution >= 0.6 is 11.3 Å². The predicted molar refractivity (Wildman–Crippen MR) is 124 cm³/mol. The van der Waals surface area contributed by atoms with Crippen molar-refractivity contribution in [3.63, 3.8) is 0 Å². The van der Waals surface area contributed by atoms with E-state index in [0.29, 0.717) is 34.3 Å². The van der Waals surface area contributed by atoms with E-state index in [-0.39, 0.29) is 18.2 Å². The van der Waals surface area contributed by atoms with Gasteiger partial charge in [0.15, 0.2) is 0 Å². The van der Waals surface area contributed by atoms with Crippen molar-refractivity contribution in [3.8, 4) is 0 Å². The van der Waals surface area contributed by atoms with E-state index in [1.165, 1.54) is 10.7 Å². The van der Waals surface area contributed by atoms with Gasteiger partial charge in [-0.2, -0.15) is 4.31 Å². The number of amides is 2. The fraction of sp³-hybridized carbons (Fsp3) is 0.478. The highest BCUT2D eigenvalue weighted by atomic mass is 32.2. The minimum atomic E-state index is -3.45. The number of hydrogen-bond acceptors (Lipinski definition) is 5. The zero-order chi connectivity index (χ0) is 22.6. The van der Waals surface area contributed by atoms with Crippen molar-refractivity contribution in [1.82, 2.24) is 14.5 Å². The number of nitrogens with one attached hydrogen (secondary N) is 1. The summed E-state index contributed by atoms with van der Waals surface area (Å²) in [6.07, 6.45) is 5.18. The maximum absolute atomic E-state index is 12.7. The number of sulfonamides is 1. The van der Waals surface area contributed by atoms with E-state index in [2.05, 4.69) is 5.32 Å². The van der Waals surface area contributed by atoms with Crippen LogP contribution < -0.4 is 5.32 Å². The highest BCUT2D eigenvalue weighted by Gasteiger charge is 2.28. The summed E-state index contributed by atoms with van der Waals surface area (Å²) in [4.78, 5) is 27.7. The van der Waals surface area contributed by atoms with Crippen LogP contribution in [-0.2, 0) is 27.8 Å². The molecular weight excluding hydrogens is 446 g/mol. The van der Waals surface area contributed by atoms with E-state index < -0.39 is 10.0 Å². The number of carbonyl (C=O) groups is 2. The Bertz CT molecular complexity index is 1070. The predicted octanol–water partition coefficient (Wildman–Crippen LogP) is 3.02. The number of piperidine rings is 1. The monoisotopic (exact) mass is 475 g/mol. The van der Waals surface area contributed by atoms with Crippen molar-refractivity contribution >= 4 is 33.2 Å². The van der Waals surface area contributed by atoms with Crippen LogP contribution in [0, 0.1) is 0 Å². The molecule has 2 aromatic rings. The van der Waals surface area contributed by atoms with Crippen LogP contribution in [0.2, 0.25) is 0 Å². The quantitative estimate of drug-likeness (QED) is 0.667. The smallest absolute Gasteiger partial charge is 0.253 e. The highest BCUT2D eigenvalue weighted by molar-refractivity contribution is 7.91. The van der Waals surface area contributed by atoms with Crippen LogP contribution in [0.25, 0.3) is 0 Å². The molecule has 0 atom stereocenters. The number of thiophene rings is 1. The summed E-state index contributed by atoms with van der Waals surface area (Å²) in [5, 5.41) is 2.88. The van der Waals surface area contributed by atoms with E-state index in [1.807, 2.05) is 29.2 Å². The Morgan fingerprint density at radius 1 is 0.938 bits per heavy atom. The molecule has 1 aromatic carbocycles. The molecule has 1 aromatic heterocycles. The number of likely N-dealkylation sites (tertiary alicyclic amines) is 1. The summed E-state index contributed by atoms with van der Waals surface area (Å²) in [5.74, 6) is -0.132. The molecule has 2 aliphatic heterocycles. The first-order valence-corrected chi connectivity index (χ1v) is 13.4. The van der Waals surface area contributed by atoms with E-state index in [1.54, 1.807) is 12.1 Å². The number of nitrogens with zero attached hydrogens (tertiary/aromatic N) is 2. The topological polar surface area (TPSA) is 86.8 Å². The maximum Gasteiger partial charge on any atom is 0.253 e. The minimum absolute atomic E-state index is 0.0446. The molecule has 3 heterocycles. The molecule has 0 aliphatic carbocycles. The third-order valence-electron chi connectivity index (χ3n) is 5.94. The Hall–Kier alpha value is -2.23. The Labute approximate surface area is 193 Å². The Morgan fingerprint density at radius 3 is 2.41 bits per heavy atom. The van der Waals surface area contributed by atoms with Gasteiger partial charge < -0.3 is 10.2 Å². The SMILES string of the molecule is O=C(Cc1ccc(S(=O)(=O)N2CCCC2)s1)NCc1cccc(C(=O)N2CCCCC2)c1. The molecule has 9 heteroatoms. The van der Waals surface area contributed by atoms with Gasteiger partial charge in [-0.3, -0.25) is 9.59 Å². The summed E-state index contributed by atoms with van der Waals surface area (Å²) >= 11 is 1.16. The van der Waals surface area contributed by atoms with Crippen LogP contribution in [0.3, 0.4) is 0 Å². The van der Waals surface area contributed by atoms with Gasteiger partial charge in [-0.05, 0) is 61.9 Å². The first kappa shape index (κ1) is 22.9. The molecule has 2 aliphatic rings. The van der Waals surface area contributed by atoms with Gasteiger partial charge in [-0.15, -0.1) is 11.3 Å². The molecule has 2 amide bonds. The molecule has 0 radical (unpaired) electrons. The molecular formula is C23H29N3O4S2. The molecule has 0 spiro atoms. The van der Waals surface area contributed by atoms with Gasteiger partial charge in [-0.1, -0.05) is 12.1 Å². The van der Waals surface area contributed by atoms with E-state index in [4.69, 9.17) is 0 Å². The molecule has 2 fully saturated rings. The molecule has 4 rings (SSSR count). The molecule has 1 N–H and O–H groups in total. The minimum Gasteiger partial charge on any atom is -0.352 e. The Balaban J connectivity index is 1.32. The molecule has 2 saturated heterocycles. The third kappa shape index (κ3) is 5.39. The summed E-state index contributed by atoms with van der Waals surface area (Å²) in [6.45, 7) is 3.06. The number of hydrogen-bond donors (Lipinski definition) is 1. The molecule has 7 nitrogen and oxygen atoms in total. The van der Waals surface area contributed by atoms with Crippen LogP contribution in [0.5, 0.6) is 0 Å². The zero-order valence-electron chi connectivity index (χ0n) is 18.1. The van der Waals surface area contributed by atoms with Gasteiger partial charge in [0.2, 0.25) is 5.91 Å². The van der Waals surface area contributed by atoms with Crippen molar-refractivity contribution < 1.29 is 18.0 Å². The largest absolute Gasteiger partial charge is 0.352 e. The van der Waals surface area contributed by atoms with Gasteiger partial charge >= 0.3 is 0 Å². The number of rotatable bonds is 7. The van der Waals surface area contributed by atoms with Crippen LogP contribution in [0.1, 0.15) is 52.9 Å². The van der Waals surface area contributed by atoms with E-state index >= 15 is 0 Å². The summed E-state index contributed by atoms with van der Waals surface area (Å²) in [7, 11) is -3.45. The van der Waals surface area contributed by atoms with E-state index in [9.17, 15) is 18.0 Å². The summed E-state index contributed by atoms with van der Waals surface area (Å²) in [5.41, 5.74) is 1.51. The number of carbonyl (C=O) groups excluding carboxylic acids is 2. The average Bonchev–Trinajstić information content (AvgIpc) is 3.51. The van der Waals surface area contributed by atoms with Crippen LogP contribution in [-0.4, -0.2) is 55.6 Å². The van der Waals surface area contributed by atoms with E-state index in [0.717, 1.165) is 55.7 Å². The molecule has 172 valence electrons. The van der Waals surface area contributed by atoms with Gasteiger partial charge in [0, 0.05) is 43.2 Å². The second kappa shape index (κ2) is 10.1. The van der Waals surface area contributed by atoms with Crippen LogP contribution in [0.15, 0.2) is 40.6 Å². The average molecular weight is 476 g/mol. The number of benzene rings is 1. The standard InChI is InChI=1S/C23H29N3O4S2/c27-21(16-20-9-10-22(31-20)32(29,30)26-13-4-5-14-26)24-17-18-7-6-8-19(15-18)23(28)25-11-2-1-3-12-25/h6-10,15H,1-5,11-14,16-17H2,(H,24,27). The molecule has 0 saturated carbocycles. The second-order valence-electron chi connectivity index (χ2n) is 8.34. The lowest BCUT2D eigenvalue weighted by molar-refractivity contribution is -0.120. The normalized spacial score (nSPS) is 17.4. The Kier molecular flexibility index (Phi) is 7.27. The van der Waals surface area contributed by atoms with Gasteiger partial charge in [0.25, 0.3) is 15.9 Å². The lowest BCUT2D eigenvalue weighted by Crippen LogP contribution is -2.35. The second-order valence-corrected chi connectivity index (χ2v) is 11.7. The maximum atomic E-state index is 12.7. The molecule has 0 unspecified atom stereocenters. The molecule has 32 heavy (non-hydrogen) atoms. The zero-order valence-corrected chi connectivity index (χ0v) is 19.7. The third-order valence-corrected chi connectivity index (χ3v) is 9.39. The summed E-state index contributed by atoms with van der Waals surface area (Å²) < 4.78 is 27.1. The van der Waals surface area contributed by atoms with Crippen molar-refractivity contribution in [1.29, 1.82) is 0 Å². The van der Waals surface area contributed by atoms with Gasteiger partial charge in [0.1, 0.15) is 4.21 Å². The van der Waals surface area contributed by atoms with Crippen molar-refractivity contribution in [2.45, 2.75) is 49.3 Å². The fourth-order valence-electron chi connectivity index (χ4n) is 4.16. The van der Waals surface area contributed by atoms with Crippen molar-refractivity contribution in [2.75, 3.05) is 26.2 Å². The lowest BCUT2D eigenvalue weighted by Gasteiger charge is -2.26. The van der Waals surface area contributed by atoms with Crippen molar-refractivity contribution in [3.05, 3.63) is 52.4 Å². The first-order valence-electron chi connectivity index (χ1n) is 11.2. The fourth-order valence-corrected chi connectivity index (χ4v) is 7.19.